The first-order chi connectivity index (χ1) is 14.1. The van der Waals surface area contributed by atoms with Gasteiger partial charge in [-0.25, -0.2) is 0 Å². The molecule has 6 heteroatoms. The molecule has 1 aliphatic heterocycles. The molecule has 1 fully saturated rings. The van der Waals surface area contributed by atoms with Crippen LogP contribution in [0.5, 0.6) is 5.75 Å². The van der Waals surface area contributed by atoms with Crippen LogP contribution in [0, 0.1) is 6.92 Å². The first-order valence-electron chi connectivity index (χ1n) is 9.83. The van der Waals surface area contributed by atoms with Crippen molar-refractivity contribution in [3.05, 3.63) is 65.9 Å². The van der Waals surface area contributed by atoms with Crippen molar-refractivity contribution in [2.45, 2.75) is 13.5 Å². The predicted molar refractivity (Wildman–Crippen MR) is 112 cm³/mol. The van der Waals surface area contributed by atoms with Crippen molar-refractivity contribution >= 4 is 22.7 Å². The number of aryl methyl sites for hydroxylation is 1. The van der Waals surface area contributed by atoms with Crippen LogP contribution in [-0.2, 0) is 11.3 Å². The number of para-hydroxylation sites is 1. The number of hydrogen-bond acceptors (Lipinski definition) is 3. The number of amides is 2. The van der Waals surface area contributed by atoms with E-state index < -0.39 is 0 Å². The van der Waals surface area contributed by atoms with Crippen LogP contribution >= 0.6 is 0 Å². The topological polar surface area (TPSA) is 54.8 Å². The third kappa shape index (κ3) is 3.83. The quantitative estimate of drug-likeness (QED) is 0.687. The van der Waals surface area contributed by atoms with E-state index in [0.717, 1.165) is 22.3 Å². The van der Waals surface area contributed by atoms with Crippen LogP contribution in [0.3, 0.4) is 0 Å². The van der Waals surface area contributed by atoms with Crippen molar-refractivity contribution < 1.29 is 14.3 Å². The maximum atomic E-state index is 12.9. The minimum Gasteiger partial charge on any atom is -0.497 e. The highest BCUT2D eigenvalue weighted by atomic mass is 16.5. The first kappa shape index (κ1) is 19.1. The number of ether oxygens (including phenoxy) is 1. The summed E-state index contributed by atoms with van der Waals surface area (Å²) in [7, 11) is 1.60. The lowest BCUT2D eigenvalue weighted by atomic mass is 10.1. The van der Waals surface area contributed by atoms with Gasteiger partial charge in [0, 0.05) is 43.0 Å². The fourth-order valence-electron chi connectivity index (χ4n) is 3.87. The molecule has 150 valence electrons. The van der Waals surface area contributed by atoms with Crippen molar-refractivity contribution in [3.8, 4) is 5.75 Å². The number of rotatable bonds is 4. The molecule has 1 aromatic heterocycles. The van der Waals surface area contributed by atoms with E-state index in [1.54, 1.807) is 31.4 Å². The number of fused-ring (bicyclic) bond motifs is 1. The van der Waals surface area contributed by atoms with Crippen LogP contribution in [0.1, 0.15) is 16.1 Å². The van der Waals surface area contributed by atoms with Crippen LogP contribution in [-0.4, -0.2) is 59.5 Å². The van der Waals surface area contributed by atoms with Crippen LogP contribution < -0.4 is 4.74 Å². The summed E-state index contributed by atoms with van der Waals surface area (Å²) < 4.78 is 7.20. The molecule has 0 bridgehead atoms. The number of methoxy groups -OCH3 is 1. The molecule has 4 rings (SSSR count). The average Bonchev–Trinajstić information content (AvgIpc) is 3.08. The summed E-state index contributed by atoms with van der Waals surface area (Å²) in [4.78, 5) is 29.2. The molecule has 1 aliphatic rings. The normalized spacial score (nSPS) is 14.3. The summed E-state index contributed by atoms with van der Waals surface area (Å²) >= 11 is 0. The largest absolute Gasteiger partial charge is 0.497 e. The Bertz CT molecular complexity index is 1030. The van der Waals surface area contributed by atoms with Gasteiger partial charge in [-0.15, -0.1) is 0 Å². The second-order valence-corrected chi connectivity index (χ2v) is 7.33. The average molecular weight is 391 g/mol. The zero-order valence-corrected chi connectivity index (χ0v) is 16.8. The summed E-state index contributed by atoms with van der Waals surface area (Å²) in [5.74, 6) is 0.808. The van der Waals surface area contributed by atoms with E-state index in [9.17, 15) is 9.59 Å². The molecule has 3 aromatic rings. The Balaban J connectivity index is 1.38. The van der Waals surface area contributed by atoms with Crippen LogP contribution in [0.2, 0.25) is 0 Å². The number of piperazine rings is 1. The van der Waals surface area contributed by atoms with Gasteiger partial charge in [0.25, 0.3) is 5.91 Å². The van der Waals surface area contributed by atoms with Crippen LogP contribution in [0.25, 0.3) is 10.9 Å². The highest BCUT2D eigenvalue weighted by molar-refractivity contribution is 5.94. The summed E-state index contributed by atoms with van der Waals surface area (Å²) in [5, 5.41) is 1.15. The van der Waals surface area contributed by atoms with Crippen LogP contribution in [0.4, 0.5) is 0 Å². The van der Waals surface area contributed by atoms with Gasteiger partial charge in [-0.2, -0.15) is 0 Å². The van der Waals surface area contributed by atoms with E-state index in [4.69, 9.17) is 4.74 Å². The van der Waals surface area contributed by atoms with E-state index in [0.29, 0.717) is 38.3 Å². The Hall–Kier alpha value is -3.28. The fraction of sp³-hybridized carbons (Fsp3) is 0.304. The standard InChI is InChI=1S/C23H25N3O3/c1-17-15-19-5-3-4-6-21(19)26(17)16-22(27)24-11-13-25(14-12-24)23(28)18-7-9-20(29-2)10-8-18/h3-10,15H,11-14,16H2,1-2H3. The lowest BCUT2D eigenvalue weighted by Gasteiger charge is -2.35. The van der Waals surface area contributed by atoms with Crippen molar-refractivity contribution in [2.75, 3.05) is 33.3 Å². The molecular formula is C23H25N3O3. The second-order valence-electron chi connectivity index (χ2n) is 7.33. The third-order valence-electron chi connectivity index (χ3n) is 5.57. The Labute approximate surface area is 170 Å². The summed E-state index contributed by atoms with van der Waals surface area (Å²) in [5.41, 5.74) is 2.79. The molecule has 0 radical (unpaired) electrons. The van der Waals surface area contributed by atoms with Crippen LogP contribution in [0.15, 0.2) is 54.6 Å². The molecule has 0 N–H and O–H groups in total. The zero-order chi connectivity index (χ0) is 20.4. The monoisotopic (exact) mass is 391 g/mol. The minimum absolute atomic E-state index is 0.00741. The van der Waals surface area contributed by atoms with Gasteiger partial charge in [-0.1, -0.05) is 18.2 Å². The van der Waals surface area contributed by atoms with Crippen molar-refractivity contribution in [1.29, 1.82) is 0 Å². The maximum Gasteiger partial charge on any atom is 0.253 e. The summed E-state index contributed by atoms with van der Waals surface area (Å²) in [6, 6.07) is 17.3. The smallest absolute Gasteiger partial charge is 0.253 e. The summed E-state index contributed by atoms with van der Waals surface area (Å²) in [6.07, 6.45) is 0. The number of carbonyl (C=O) groups is 2. The molecule has 29 heavy (non-hydrogen) atoms. The lowest BCUT2D eigenvalue weighted by Crippen LogP contribution is -2.51. The van der Waals surface area contributed by atoms with Gasteiger partial charge in [0.15, 0.2) is 0 Å². The first-order valence-corrected chi connectivity index (χ1v) is 9.83. The van der Waals surface area contributed by atoms with Gasteiger partial charge in [0.1, 0.15) is 12.3 Å². The van der Waals surface area contributed by atoms with Gasteiger partial charge < -0.3 is 19.1 Å². The molecule has 0 unspecified atom stereocenters. The molecule has 2 aromatic carbocycles. The fourth-order valence-corrected chi connectivity index (χ4v) is 3.87. The predicted octanol–water partition coefficient (Wildman–Crippen LogP) is 2.94. The number of aromatic nitrogens is 1. The van der Waals surface area contributed by atoms with Gasteiger partial charge in [0.05, 0.1) is 7.11 Å². The van der Waals surface area contributed by atoms with E-state index in [2.05, 4.69) is 16.7 Å². The van der Waals surface area contributed by atoms with Gasteiger partial charge >= 0.3 is 0 Å². The molecule has 2 amide bonds. The van der Waals surface area contributed by atoms with E-state index in [-0.39, 0.29) is 11.8 Å². The van der Waals surface area contributed by atoms with E-state index in [1.807, 2.05) is 34.9 Å². The SMILES string of the molecule is COc1ccc(C(=O)N2CCN(C(=O)Cn3c(C)cc4ccccc43)CC2)cc1. The molecule has 2 heterocycles. The highest BCUT2D eigenvalue weighted by Crippen LogP contribution is 2.20. The number of nitrogens with zero attached hydrogens (tertiary/aromatic N) is 3. The van der Waals surface area contributed by atoms with E-state index in [1.165, 1.54) is 0 Å². The van der Waals surface area contributed by atoms with Gasteiger partial charge in [-0.3, -0.25) is 9.59 Å². The number of benzene rings is 2. The zero-order valence-electron chi connectivity index (χ0n) is 16.8. The molecule has 6 nitrogen and oxygen atoms in total. The van der Waals surface area contributed by atoms with Crippen molar-refractivity contribution in [3.63, 3.8) is 0 Å². The Morgan fingerprint density at radius 1 is 0.931 bits per heavy atom. The molecular weight excluding hydrogens is 366 g/mol. The Morgan fingerprint density at radius 3 is 2.28 bits per heavy atom. The highest BCUT2D eigenvalue weighted by Gasteiger charge is 2.25. The molecule has 1 saturated heterocycles. The molecule has 0 aliphatic carbocycles. The number of hydrogen-bond donors (Lipinski definition) is 0. The Kier molecular flexibility index (Phi) is 5.25. The van der Waals surface area contributed by atoms with Gasteiger partial charge in [0.2, 0.25) is 5.91 Å². The third-order valence-corrected chi connectivity index (χ3v) is 5.57. The van der Waals surface area contributed by atoms with Crippen molar-refractivity contribution in [2.24, 2.45) is 0 Å². The van der Waals surface area contributed by atoms with Crippen molar-refractivity contribution in [1.82, 2.24) is 14.4 Å². The Morgan fingerprint density at radius 2 is 1.59 bits per heavy atom. The molecule has 0 saturated carbocycles. The minimum atomic E-state index is -0.00741. The number of carbonyl (C=O) groups excluding carboxylic acids is 2. The maximum absolute atomic E-state index is 12.9. The molecule has 0 atom stereocenters. The lowest BCUT2D eigenvalue weighted by molar-refractivity contribution is -0.133. The van der Waals surface area contributed by atoms with Gasteiger partial charge in [-0.05, 0) is 48.7 Å². The molecule has 0 spiro atoms. The second kappa shape index (κ2) is 7.99. The van der Waals surface area contributed by atoms with E-state index >= 15 is 0 Å². The summed E-state index contributed by atoms with van der Waals surface area (Å²) in [6.45, 7) is 4.55.